The smallest absolute Gasteiger partial charge is 0.264 e. The molecule has 0 bridgehead atoms. The molecular weight excluding hydrogens is 192 g/mol. The SMILES string of the molecule is COc1cc(C(F)F)c(C=O)c(C)n1. The summed E-state index contributed by atoms with van der Waals surface area (Å²) in [5.74, 6) is 0.0865. The van der Waals surface area contributed by atoms with E-state index in [1.54, 1.807) is 0 Å². The lowest BCUT2D eigenvalue weighted by Gasteiger charge is -2.08. The van der Waals surface area contributed by atoms with Crippen LogP contribution in [0.4, 0.5) is 8.78 Å². The Morgan fingerprint density at radius 2 is 2.21 bits per heavy atom. The third-order valence-corrected chi connectivity index (χ3v) is 1.82. The van der Waals surface area contributed by atoms with Crippen molar-refractivity contribution in [1.82, 2.24) is 4.98 Å². The zero-order valence-corrected chi connectivity index (χ0v) is 7.75. The predicted molar refractivity (Wildman–Crippen MR) is 45.9 cm³/mol. The molecule has 0 radical (unpaired) electrons. The predicted octanol–water partition coefficient (Wildman–Crippen LogP) is 2.15. The minimum atomic E-state index is -2.70. The van der Waals surface area contributed by atoms with Crippen LogP contribution in [0.25, 0.3) is 0 Å². The molecule has 0 spiro atoms. The first-order valence-corrected chi connectivity index (χ1v) is 3.89. The second kappa shape index (κ2) is 4.13. The monoisotopic (exact) mass is 201 g/mol. The molecule has 0 saturated carbocycles. The molecule has 0 N–H and O–H groups in total. The van der Waals surface area contributed by atoms with E-state index < -0.39 is 6.43 Å². The maximum atomic E-state index is 12.5. The molecule has 0 aliphatic heterocycles. The average molecular weight is 201 g/mol. The topological polar surface area (TPSA) is 39.2 Å². The van der Waals surface area contributed by atoms with E-state index in [0.717, 1.165) is 6.07 Å². The molecule has 0 atom stereocenters. The van der Waals surface area contributed by atoms with Crippen molar-refractivity contribution in [3.8, 4) is 5.88 Å². The first kappa shape index (κ1) is 10.6. The van der Waals surface area contributed by atoms with Crippen LogP contribution in [0.15, 0.2) is 6.07 Å². The van der Waals surface area contributed by atoms with Gasteiger partial charge in [0.25, 0.3) is 6.43 Å². The van der Waals surface area contributed by atoms with Crippen LogP contribution in [0.1, 0.15) is 28.0 Å². The molecule has 1 rings (SSSR count). The van der Waals surface area contributed by atoms with E-state index in [-0.39, 0.29) is 22.7 Å². The molecule has 3 nitrogen and oxygen atoms in total. The van der Waals surface area contributed by atoms with Crippen molar-refractivity contribution >= 4 is 6.29 Å². The maximum absolute atomic E-state index is 12.5. The summed E-state index contributed by atoms with van der Waals surface area (Å²) in [4.78, 5) is 14.4. The molecule has 0 saturated heterocycles. The Morgan fingerprint density at radius 1 is 1.57 bits per heavy atom. The van der Waals surface area contributed by atoms with E-state index in [4.69, 9.17) is 4.74 Å². The summed E-state index contributed by atoms with van der Waals surface area (Å²) in [6.45, 7) is 1.48. The normalized spacial score (nSPS) is 10.4. The molecule has 0 amide bonds. The molecule has 1 aromatic rings. The number of hydrogen-bond donors (Lipinski definition) is 0. The van der Waals surface area contributed by atoms with Crippen LogP contribution in [-0.2, 0) is 0 Å². The number of aldehydes is 1. The Balaban J connectivity index is 3.35. The number of hydrogen-bond acceptors (Lipinski definition) is 3. The highest BCUT2D eigenvalue weighted by Gasteiger charge is 2.17. The fraction of sp³-hybridized carbons (Fsp3) is 0.333. The van der Waals surface area contributed by atoms with Crippen molar-refractivity contribution in [1.29, 1.82) is 0 Å². The molecule has 76 valence electrons. The number of aromatic nitrogens is 1. The van der Waals surface area contributed by atoms with Crippen LogP contribution in [0, 0.1) is 6.92 Å². The highest BCUT2D eigenvalue weighted by Crippen LogP contribution is 2.26. The van der Waals surface area contributed by atoms with E-state index in [0.29, 0.717) is 6.29 Å². The van der Waals surface area contributed by atoms with Gasteiger partial charge in [0.15, 0.2) is 6.29 Å². The van der Waals surface area contributed by atoms with Gasteiger partial charge in [0.2, 0.25) is 5.88 Å². The number of nitrogens with zero attached hydrogens (tertiary/aromatic N) is 1. The van der Waals surface area contributed by atoms with Crippen molar-refractivity contribution in [2.75, 3.05) is 7.11 Å². The van der Waals surface area contributed by atoms with Crippen LogP contribution in [0.2, 0.25) is 0 Å². The van der Waals surface area contributed by atoms with Crippen molar-refractivity contribution in [3.05, 3.63) is 22.9 Å². The van der Waals surface area contributed by atoms with Crippen molar-refractivity contribution in [2.24, 2.45) is 0 Å². The fourth-order valence-corrected chi connectivity index (χ4v) is 1.12. The van der Waals surface area contributed by atoms with Crippen molar-refractivity contribution < 1.29 is 18.3 Å². The Kier molecular flexibility index (Phi) is 3.11. The largest absolute Gasteiger partial charge is 0.481 e. The molecule has 14 heavy (non-hydrogen) atoms. The lowest BCUT2D eigenvalue weighted by Crippen LogP contribution is -2.01. The zero-order chi connectivity index (χ0) is 10.7. The number of pyridine rings is 1. The molecular formula is C9H9F2NO2. The van der Waals surface area contributed by atoms with Gasteiger partial charge in [0.05, 0.1) is 12.8 Å². The van der Waals surface area contributed by atoms with E-state index in [2.05, 4.69) is 4.98 Å². The number of methoxy groups -OCH3 is 1. The maximum Gasteiger partial charge on any atom is 0.264 e. The van der Waals surface area contributed by atoms with E-state index in [1.165, 1.54) is 14.0 Å². The van der Waals surface area contributed by atoms with Gasteiger partial charge < -0.3 is 4.74 Å². The van der Waals surface area contributed by atoms with Gasteiger partial charge in [-0.05, 0) is 6.92 Å². The van der Waals surface area contributed by atoms with Crippen LogP contribution in [0.5, 0.6) is 5.88 Å². The van der Waals surface area contributed by atoms with E-state index >= 15 is 0 Å². The molecule has 0 aromatic carbocycles. The van der Waals surface area contributed by atoms with Crippen LogP contribution < -0.4 is 4.74 Å². The minimum absolute atomic E-state index is 0.0687. The van der Waals surface area contributed by atoms with Crippen LogP contribution in [0.3, 0.4) is 0 Å². The van der Waals surface area contributed by atoms with Gasteiger partial charge in [-0.1, -0.05) is 0 Å². The summed E-state index contributed by atoms with van der Waals surface area (Å²) in [6, 6.07) is 1.07. The Morgan fingerprint density at radius 3 is 2.64 bits per heavy atom. The highest BCUT2D eigenvalue weighted by atomic mass is 19.3. The summed E-state index contributed by atoms with van der Waals surface area (Å²) < 4.78 is 29.7. The minimum Gasteiger partial charge on any atom is -0.481 e. The first-order chi connectivity index (χ1) is 6.60. The molecule has 1 aromatic heterocycles. The quantitative estimate of drug-likeness (QED) is 0.703. The molecule has 0 aliphatic carbocycles. The molecule has 5 heteroatoms. The highest BCUT2D eigenvalue weighted by molar-refractivity contribution is 5.79. The first-order valence-electron chi connectivity index (χ1n) is 3.89. The number of ether oxygens (including phenoxy) is 1. The van der Waals surface area contributed by atoms with Crippen LogP contribution in [-0.4, -0.2) is 18.4 Å². The second-order valence-corrected chi connectivity index (χ2v) is 2.67. The number of halogens is 2. The van der Waals surface area contributed by atoms with E-state index in [9.17, 15) is 13.6 Å². The summed E-state index contributed by atoms with van der Waals surface area (Å²) >= 11 is 0. The summed E-state index contributed by atoms with van der Waals surface area (Å²) in [7, 11) is 1.33. The lowest BCUT2D eigenvalue weighted by atomic mass is 10.1. The van der Waals surface area contributed by atoms with Gasteiger partial charge in [-0.2, -0.15) is 0 Å². The number of carbonyl (C=O) groups is 1. The Labute approximate surface area is 79.7 Å². The Bertz CT molecular complexity index is 353. The van der Waals surface area contributed by atoms with Gasteiger partial charge in [-0.15, -0.1) is 0 Å². The number of aryl methyl sites for hydroxylation is 1. The Hall–Kier alpha value is -1.52. The van der Waals surface area contributed by atoms with Gasteiger partial charge in [-0.25, -0.2) is 13.8 Å². The standard InChI is InChI=1S/C9H9F2NO2/c1-5-7(4-13)6(9(10)11)3-8(12-5)14-2/h3-4,9H,1-2H3. The summed E-state index contributed by atoms with van der Waals surface area (Å²) in [6.07, 6.45) is -2.32. The molecule has 0 unspecified atom stereocenters. The van der Waals surface area contributed by atoms with Gasteiger partial charge in [-0.3, -0.25) is 4.79 Å². The van der Waals surface area contributed by atoms with Gasteiger partial charge in [0.1, 0.15) is 0 Å². The number of rotatable bonds is 3. The number of carbonyl (C=O) groups excluding carboxylic acids is 1. The zero-order valence-electron chi connectivity index (χ0n) is 7.75. The third-order valence-electron chi connectivity index (χ3n) is 1.82. The lowest BCUT2D eigenvalue weighted by molar-refractivity contribution is 0.110. The fourth-order valence-electron chi connectivity index (χ4n) is 1.12. The molecule has 0 aliphatic rings. The van der Waals surface area contributed by atoms with Gasteiger partial charge in [0, 0.05) is 17.2 Å². The summed E-state index contributed by atoms with van der Waals surface area (Å²) in [5, 5.41) is 0. The van der Waals surface area contributed by atoms with E-state index in [1.807, 2.05) is 0 Å². The third kappa shape index (κ3) is 1.86. The summed E-state index contributed by atoms with van der Waals surface area (Å²) in [5.41, 5.74) is -0.167. The van der Waals surface area contributed by atoms with Crippen molar-refractivity contribution in [2.45, 2.75) is 13.3 Å². The molecule has 1 heterocycles. The number of alkyl halides is 2. The van der Waals surface area contributed by atoms with Gasteiger partial charge >= 0.3 is 0 Å². The van der Waals surface area contributed by atoms with Crippen molar-refractivity contribution in [3.63, 3.8) is 0 Å². The second-order valence-electron chi connectivity index (χ2n) is 2.67. The molecule has 0 fully saturated rings. The van der Waals surface area contributed by atoms with Crippen LogP contribution >= 0.6 is 0 Å². The average Bonchev–Trinajstić information content (AvgIpc) is 2.16.